The van der Waals surface area contributed by atoms with Gasteiger partial charge in [0.1, 0.15) is 5.75 Å². The van der Waals surface area contributed by atoms with Crippen molar-refractivity contribution in [2.45, 2.75) is 52.0 Å². The van der Waals surface area contributed by atoms with Crippen molar-refractivity contribution in [1.82, 2.24) is 5.32 Å². The van der Waals surface area contributed by atoms with Gasteiger partial charge in [-0.1, -0.05) is 26.3 Å². The van der Waals surface area contributed by atoms with Gasteiger partial charge in [0, 0.05) is 12.5 Å². The molecule has 0 saturated heterocycles. The summed E-state index contributed by atoms with van der Waals surface area (Å²) in [5.41, 5.74) is 1.38. The average Bonchev–Trinajstić information content (AvgIpc) is 2.76. The lowest BCUT2D eigenvalue weighted by Crippen LogP contribution is -2.41. The molecule has 0 heterocycles. The first-order chi connectivity index (χ1) is 9.92. The van der Waals surface area contributed by atoms with Crippen molar-refractivity contribution in [2.24, 2.45) is 5.41 Å². The highest BCUT2D eigenvalue weighted by Gasteiger charge is 2.35. The number of benzene rings is 1. The van der Waals surface area contributed by atoms with Gasteiger partial charge in [-0.05, 0) is 58.3 Å². The monoisotopic (exact) mass is 353 g/mol. The van der Waals surface area contributed by atoms with Gasteiger partial charge in [0.2, 0.25) is 5.91 Å². The average molecular weight is 354 g/mol. The molecule has 1 amide bonds. The molecule has 0 spiro atoms. The van der Waals surface area contributed by atoms with Gasteiger partial charge in [-0.15, -0.1) is 0 Å². The van der Waals surface area contributed by atoms with Crippen molar-refractivity contribution in [1.29, 1.82) is 0 Å². The minimum absolute atomic E-state index is 0.155. The van der Waals surface area contributed by atoms with E-state index in [4.69, 9.17) is 4.74 Å². The zero-order chi connectivity index (χ0) is 15.5. The Balaban J connectivity index is 1.85. The number of halogens is 1. The van der Waals surface area contributed by atoms with Gasteiger partial charge in [-0.2, -0.15) is 0 Å². The first-order valence-corrected chi connectivity index (χ1v) is 8.33. The summed E-state index contributed by atoms with van der Waals surface area (Å²) in [7, 11) is 1.65. The molecule has 0 aromatic heterocycles. The van der Waals surface area contributed by atoms with Gasteiger partial charge in [0.05, 0.1) is 11.6 Å². The van der Waals surface area contributed by atoms with E-state index < -0.39 is 0 Å². The van der Waals surface area contributed by atoms with Crippen LogP contribution in [0.1, 0.15) is 45.1 Å². The molecule has 3 nitrogen and oxygen atoms in total. The minimum Gasteiger partial charge on any atom is -0.496 e. The highest BCUT2D eigenvalue weighted by atomic mass is 79.9. The molecule has 2 rings (SSSR count). The van der Waals surface area contributed by atoms with Crippen LogP contribution in [0.3, 0.4) is 0 Å². The summed E-state index contributed by atoms with van der Waals surface area (Å²) < 4.78 is 6.14. The van der Waals surface area contributed by atoms with Crippen molar-refractivity contribution < 1.29 is 9.53 Å². The summed E-state index contributed by atoms with van der Waals surface area (Å²) in [5, 5.41) is 3.20. The smallest absolute Gasteiger partial charge is 0.220 e. The molecule has 116 valence electrons. The first kappa shape index (κ1) is 16.3. The number of aryl methyl sites for hydroxylation is 1. The number of carbonyl (C=O) groups excluding carboxylic acids is 1. The molecule has 1 unspecified atom stereocenters. The lowest BCUT2D eigenvalue weighted by molar-refractivity contribution is -0.122. The summed E-state index contributed by atoms with van der Waals surface area (Å²) in [6.45, 7) is 4.48. The lowest BCUT2D eigenvalue weighted by Gasteiger charge is -2.27. The molecule has 21 heavy (non-hydrogen) atoms. The molecule has 4 heteroatoms. The Morgan fingerprint density at radius 1 is 1.48 bits per heavy atom. The molecular formula is C17H24BrNO2. The van der Waals surface area contributed by atoms with Crippen molar-refractivity contribution in [3.05, 3.63) is 28.2 Å². The molecule has 1 N–H and O–H groups in total. The zero-order valence-corrected chi connectivity index (χ0v) is 14.6. The fourth-order valence-corrected chi connectivity index (χ4v) is 3.57. The minimum atomic E-state index is 0.155. The molecule has 0 radical (unpaired) electrons. The van der Waals surface area contributed by atoms with Gasteiger partial charge in [0.25, 0.3) is 0 Å². The zero-order valence-electron chi connectivity index (χ0n) is 13.0. The maximum atomic E-state index is 12.1. The number of ether oxygens (including phenoxy) is 1. The Labute approximate surface area is 135 Å². The van der Waals surface area contributed by atoms with E-state index in [2.05, 4.69) is 35.1 Å². The van der Waals surface area contributed by atoms with E-state index in [0.29, 0.717) is 12.5 Å². The Kier molecular flexibility index (Phi) is 5.31. The number of amides is 1. The van der Waals surface area contributed by atoms with Gasteiger partial charge < -0.3 is 10.1 Å². The van der Waals surface area contributed by atoms with Crippen LogP contribution in [0.4, 0.5) is 0 Å². The summed E-state index contributed by atoms with van der Waals surface area (Å²) in [5.74, 6) is 0.970. The summed E-state index contributed by atoms with van der Waals surface area (Å²) in [6.07, 6.45) is 4.80. The van der Waals surface area contributed by atoms with Crippen molar-refractivity contribution in [2.75, 3.05) is 7.11 Å². The fourth-order valence-electron chi connectivity index (χ4n) is 2.98. The highest BCUT2D eigenvalue weighted by Crippen LogP contribution is 2.37. The van der Waals surface area contributed by atoms with E-state index >= 15 is 0 Å². The van der Waals surface area contributed by atoms with E-state index in [1.54, 1.807) is 7.11 Å². The van der Waals surface area contributed by atoms with E-state index in [0.717, 1.165) is 28.6 Å². The molecule has 1 aliphatic carbocycles. The standard InChI is InChI=1S/C17H24BrNO2/c1-17(2)10-4-5-15(17)19-16(20)9-7-12-6-8-14(21-3)13(18)11-12/h6,8,11,15H,4-5,7,9-10H2,1-3H3,(H,19,20). The first-order valence-electron chi connectivity index (χ1n) is 7.54. The second-order valence-corrected chi connectivity index (χ2v) is 7.32. The van der Waals surface area contributed by atoms with E-state index in [-0.39, 0.29) is 11.3 Å². The number of nitrogens with one attached hydrogen (secondary N) is 1. The van der Waals surface area contributed by atoms with Crippen LogP contribution >= 0.6 is 15.9 Å². The SMILES string of the molecule is COc1ccc(CCC(=O)NC2CCCC2(C)C)cc1Br. The molecule has 1 aromatic rings. The topological polar surface area (TPSA) is 38.3 Å². The van der Waals surface area contributed by atoms with Crippen LogP contribution in [0.2, 0.25) is 0 Å². The van der Waals surface area contributed by atoms with Crippen LogP contribution < -0.4 is 10.1 Å². The molecule has 1 fully saturated rings. The number of rotatable bonds is 5. The number of hydrogen-bond donors (Lipinski definition) is 1. The van der Waals surface area contributed by atoms with Crippen LogP contribution in [0, 0.1) is 5.41 Å². The molecule has 0 aliphatic heterocycles. The maximum absolute atomic E-state index is 12.1. The molecule has 0 bridgehead atoms. The summed E-state index contributed by atoms with van der Waals surface area (Å²) >= 11 is 3.47. The lowest BCUT2D eigenvalue weighted by atomic mass is 9.87. The Morgan fingerprint density at radius 2 is 2.24 bits per heavy atom. The van der Waals surface area contributed by atoms with Crippen LogP contribution in [0.25, 0.3) is 0 Å². The van der Waals surface area contributed by atoms with Gasteiger partial charge >= 0.3 is 0 Å². The quantitative estimate of drug-likeness (QED) is 0.865. The summed E-state index contributed by atoms with van der Waals surface area (Å²) in [6, 6.07) is 6.28. The van der Waals surface area contributed by atoms with Crippen LogP contribution in [0.5, 0.6) is 5.75 Å². The number of methoxy groups -OCH3 is 1. The Hall–Kier alpha value is -1.03. The third kappa shape index (κ3) is 4.22. The maximum Gasteiger partial charge on any atom is 0.220 e. The normalized spacial score (nSPS) is 20.3. The van der Waals surface area contributed by atoms with Crippen LogP contribution in [0.15, 0.2) is 22.7 Å². The van der Waals surface area contributed by atoms with Crippen molar-refractivity contribution >= 4 is 21.8 Å². The molecule has 1 aromatic carbocycles. The number of carbonyl (C=O) groups is 1. The van der Waals surface area contributed by atoms with E-state index in [9.17, 15) is 4.79 Å². The third-order valence-electron chi connectivity index (χ3n) is 4.45. The Bertz CT molecular complexity index is 514. The van der Waals surface area contributed by atoms with Crippen molar-refractivity contribution in [3.63, 3.8) is 0 Å². The fraction of sp³-hybridized carbons (Fsp3) is 0.588. The predicted molar refractivity (Wildman–Crippen MR) is 88.6 cm³/mol. The largest absolute Gasteiger partial charge is 0.496 e. The van der Waals surface area contributed by atoms with Gasteiger partial charge in [-0.3, -0.25) is 4.79 Å². The molecule has 1 atom stereocenters. The molecular weight excluding hydrogens is 330 g/mol. The number of hydrogen-bond acceptors (Lipinski definition) is 2. The van der Waals surface area contributed by atoms with E-state index in [1.807, 2.05) is 18.2 Å². The second-order valence-electron chi connectivity index (χ2n) is 6.47. The molecule has 1 saturated carbocycles. The highest BCUT2D eigenvalue weighted by molar-refractivity contribution is 9.10. The van der Waals surface area contributed by atoms with Crippen molar-refractivity contribution in [3.8, 4) is 5.75 Å². The predicted octanol–water partition coefficient (Wildman–Crippen LogP) is 4.09. The van der Waals surface area contributed by atoms with Gasteiger partial charge in [-0.25, -0.2) is 0 Å². The summed E-state index contributed by atoms with van der Waals surface area (Å²) in [4.78, 5) is 12.1. The second kappa shape index (κ2) is 6.82. The van der Waals surface area contributed by atoms with Gasteiger partial charge in [0.15, 0.2) is 0 Å². The Morgan fingerprint density at radius 3 is 2.81 bits per heavy atom. The third-order valence-corrected chi connectivity index (χ3v) is 5.07. The van der Waals surface area contributed by atoms with Crippen LogP contribution in [-0.2, 0) is 11.2 Å². The van der Waals surface area contributed by atoms with Crippen LogP contribution in [-0.4, -0.2) is 19.1 Å². The van der Waals surface area contributed by atoms with E-state index in [1.165, 1.54) is 12.8 Å². The molecule has 1 aliphatic rings.